The van der Waals surface area contributed by atoms with E-state index in [-0.39, 0.29) is 22.1 Å². The maximum atomic E-state index is 12.6. The summed E-state index contributed by atoms with van der Waals surface area (Å²) >= 11 is 0. The SMILES string of the molecule is CC(C)(C)c1cc(/C=N/NC(=O)c2cc3ccccc3cc2O)cc(C(C)(C)C)c1O. The van der Waals surface area contributed by atoms with Gasteiger partial charge in [-0.15, -0.1) is 0 Å². The molecule has 0 aliphatic rings. The lowest BCUT2D eigenvalue weighted by atomic mass is 9.78. The second kappa shape index (κ2) is 8.06. The first-order chi connectivity index (χ1) is 14.4. The third-order valence-corrected chi connectivity index (χ3v) is 5.24. The monoisotopic (exact) mass is 418 g/mol. The van der Waals surface area contributed by atoms with Crippen molar-refractivity contribution in [2.24, 2.45) is 5.10 Å². The van der Waals surface area contributed by atoms with Gasteiger partial charge in [-0.05, 0) is 51.4 Å². The van der Waals surface area contributed by atoms with Crippen LogP contribution in [0.15, 0.2) is 53.6 Å². The molecule has 3 aromatic carbocycles. The zero-order valence-electron chi connectivity index (χ0n) is 18.9. The van der Waals surface area contributed by atoms with Crippen LogP contribution in [0.25, 0.3) is 10.8 Å². The number of carbonyl (C=O) groups is 1. The molecule has 0 spiro atoms. The van der Waals surface area contributed by atoms with Gasteiger partial charge in [-0.3, -0.25) is 4.79 Å². The van der Waals surface area contributed by atoms with Crippen molar-refractivity contribution < 1.29 is 15.0 Å². The van der Waals surface area contributed by atoms with Gasteiger partial charge in [-0.2, -0.15) is 5.10 Å². The Morgan fingerprint density at radius 2 is 1.39 bits per heavy atom. The van der Waals surface area contributed by atoms with Crippen LogP contribution in [0.3, 0.4) is 0 Å². The molecule has 0 unspecified atom stereocenters. The van der Waals surface area contributed by atoms with Crippen LogP contribution >= 0.6 is 0 Å². The van der Waals surface area contributed by atoms with E-state index in [1.54, 1.807) is 18.3 Å². The number of amides is 1. The molecule has 0 saturated heterocycles. The fourth-order valence-corrected chi connectivity index (χ4v) is 3.51. The Morgan fingerprint density at radius 1 is 0.871 bits per heavy atom. The van der Waals surface area contributed by atoms with E-state index in [9.17, 15) is 15.0 Å². The number of nitrogens with one attached hydrogen (secondary N) is 1. The van der Waals surface area contributed by atoms with Gasteiger partial charge in [0.25, 0.3) is 5.91 Å². The summed E-state index contributed by atoms with van der Waals surface area (Å²) in [4.78, 5) is 12.6. The number of hydrogen-bond acceptors (Lipinski definition) is 4. The van der Waals surface area contributed by atoms with E-state index in [0.717, 1.165) is 27.5 Å². The van der Waals surface area contributed by atoms with Gasteiger partial charge in [-0.1, -0.05) is 65.8 Å². The highest BCUT2D eigenvalue weighted by atomic mass is 16.3. The van der Waals surface area contributed by atoms with Gasteiger partial charge in [0.1, 0.15) is 11.5 Å². The van der Waals surface area contributed by atoms with Crippen molar-refractivity contribution in [2.75, 3.05) is 0 Å². The highest BCUT2D eigenvalue weighted by Gasteiger charge is 2.26. The van der Waals surface area contributed by atoms with Crippen molar-refractivity contribution in [1.82, 2.24) is 5.43 Å². The molecule has 3 aromatic rings. The van der Waals surface area contributed by atoms with Gasteiger partial charge >= 0.3 is 0 Å². The second-order valence-corrected chi connectivity index (χ2v) is 9.88. The minimum absolute atomic E-state index is 0.0962. The van der Waals surface area contributed by atoms with Gasteiger partial charge in [0, 0.05) is 11.1 Å². The normalized spacial score (nSPS) is 12.5. The number of phenolic OH excluding ortho intramolecular Hbond substituents is 2. The third-order valence-electron chi connectivity index (χ3n) is 5.24. The van der Waals surface area contributed by atoms with Crippen molar-refractivity contribution in [3.05, 3.63) is 70.8 Å². The maximum Gasteiger partial charge on any atom is 0.275 e. The van der Waals surface area contributed by atoms with Crippen LogP contribution in [0, 0.1) is 0 Å². The average Bonchev–Trinajstić information content (AvgIpc) is 2.66. The van der Waals surface area contributed by atoms with E-state index in [4.69, 9.17) is 0 Å². The van der Waals surface area contributed by atoms with Crippen LogP contribution in [0.4, 0.5) is 0 Å². The number of nitrogens with zero attached hydrogens (tertiary/aromatic N) is 1. The van der Waals surface area contributed by atoms with Gasteiger partial charge < -0.3 is 10.2 Å². The largest absolute Gasteiger partial charge is 0.507 e. The van der Waals surface area contributed by atoms with E-state index in [2.05, 4.69) is 10.5 Å². The summed E-state index contributed by atoms with van der Waals surface area (Å²) in [5.74, 6) is -0.297. The van der Waals surface area contributed by atoms with Gasteiger partial charge in [0.15, 0.2) is 0 Å². The minimum Gasteiger partial charge on any atom is -0.507 e. The number of hydrazone groups is 1. The molecule has 0 heterocycles. The number of fused-ring (bicyclic) bond motifs is 1. The summed E-state index contributed by atoms with van der Waals surface area (Å²) in [6, 6.07) is 14.5. The average molecular weight is 419 g/mol. The molecule has 3 N–H and O–H groups in total. The molecule has 0 aromatic heterocycles. The van der Waals surface area contributed by atoms with Crippen LogP contribution < -0.4 is 5.43 Å². The highest BCUT2D eigenvalue weighted by Crippen LogP contribution is 2.39. The quantitative estimate of drug-likeness (QED) is 0.382. The van der Waals surface area contributed by atoms with Crippen molar-refractivity contribution in [3.8, 4) is 11.5 Å². The standard InChI is InChI=1S/C26H30N2O3/c1-25(2,3)20-11-16(12-21(23(20)30)26(4,5)6)15-27-28-24(31)19-13-17-9-7-8-10-18(17)14-22(19)29/h7-15,29-30H,1-6H3,(H,28,31)/b27-15+. The topological polar surface area (TPSA) is 81.9 Å². The summed E-state index contributed by atoms with van der Waals surface area (Å²) in [6.07, 6.45) is 1.56. The zero-order chi connectivity index (χ0) is 23.0. The predicted octanol–water partition coefficient (Wildman–Crippen LogP) is 5.61. The van der Waals surface area contributed by atoms with E-state index in [1.165, 1.54) is 0 Å². The molecule has 0 aliphatic carbocycles. The lowest BCUT2D eigenvalue weighted by Gasteiger charge is -2.27. The van der Waals surface area contributed by atoms with Crippen molar-refractivity contribution in [2.45, 2.75) is 52.4 Å². The summed E-state index contributed by atoms with van der Waals surface area (Å²) in [6.45, 7) is 12.2. The van der Waals surface area contributed by atoms with Crippen molar-refractivity contribution in [3.63, 3.8) is 0 Å². The molecule has 1 amide bonds. The maximum absolute atomic E-state index is 12.6. The number of carbonyl (C=O) groups excluding carboxylic acids is 1. The molecule has 0 atom stereocenters. The molecule has 5 heteroatoms. The lowest BCUT2D eigenvalue weighted by molar-refractivity contribution is 0.0952. The molecule has 3 rings (SSSR count). The Balaban J connectivity index is 1.90. The summed E-state index contributed by atoms with van der Waals surface area (Å²) in [5, 5.41) is 26.9. The Kier molecular flexibility index (Phi) is 5.81. The fraction of sp³-hybridized carbons (Fsp3) is 0.308. The number of hydrogen-bond donors (Lipinski definition) is 3. The summed E-state index contributed by atoms with van der Waals surface area (Å²) < 4.78 is 0. The van der Waals surface area contributed by atoms with Crippen molar-refractivity contribution >= 4 is 22.9 Å². The number of aromatic hydroxyl groups is 2. The first kappa shape index (κ1) is 22.3. The van der Waals surface area contributed by atoms with Gasteiger partial charge in [0.05, 0.1) is 11.8 Å². The molecule has 31 heavy (non-hydrogen) atoms. The van der Waals surface area contributed by atoms with Crippen LogP contribution in [0.2, 0.25) is 0 Å². The van der Waals surface area contributed by atoms with E-state index in [0.29, 0.717) is 5.75 Å². The highest BCUT2D eigenvalue weighted by molar-refractivity contribution is 6.01. The molecular formula is C26H30N2O3. The first-order valence-corrected chi connectivity index (χ1v) is 10.3. The molecule has 0 bridgehead atoms. The third kappa shape index (κ3) is 4.88. The Morgan fingerprint density at radius 3 is 1.90 bits per heavy atom. The van der Waals surface area contributed by atoms with Gasteiger partial charge in [0.2, 0.25) is 0 Å². The summed E-state index contributed by atoms with van der Waals surface area (Å²) in [7, 11) is 0. The predicted molar refractivity (Wildman–Crippen MR) is 126 cm³/mol. The summed E-state index contributed by atoms with van der Waals surface area (Å²) in [5.41, 5.74) is 4.55. The second-order valence-electron chi connectivity index (χ2n) is 9.88. The van der Waals surface area contributed by atoms with Crippen molar-refractivity contribution in [1.29, 1.82) is 0 Å². The van der Waals surface area contributed by atoms with E-state index < -0.39 is 5.91 Å². The van der Waals surface area contributed by atoms with Crippen LogP contribution in [-0.4, -0.2) is 22.3 Å². The minimum atomic E-state index is -0.495. The molecule has 162 valence electrons. The number of phenols is 2. The van der Waals surface area contributed by atoms with Crippen LogP contribution in [0.1, 0.15) is 68.6 Å². The molecule has 0 radical (unpaired) electrons. The molecule has 0 aliphatic heterocycles. The molecule has 5 nitrogen and oxygen atoms in total. The Bertz CT molecular complexity index is 1130. The number of benzene rings is 3. The van der Waals surface area contributed by atoms with Crippen LogP contribution in [-0.2, 0) is 10.8 Å². The lowest BCUT2D eigenvalue weighted by Crippen LogP contribution is -2.19. The smallest absolute Gasteiger partial charge is 0.275 e. The molecule has 0 saturated carbocycles. The fourth-order valence-electron chi connectivity index (χ4n) is 3.51. The zero-order valence-corrected chi connectivity index (χ0v) is 18.9. The Labute approximate surface area is 183 Å². The Hall–Kier alpha value is -3.34. The molecular weight excluding hydrogens is 388 g/mol. The van der Waals surface area contributed by atoms with E-state index >= 15 is 0 Å². The van der Waals surface area contributed by atoms with Crippen LogP contribution in [0.5, 0.6) is 11.5 Å². The van der Waals surface area contributed by atoms with Gasteiger partial charge in [-0.25, -0.2) is 5.43 Å². The van der Waals surface area contributed by atoms with E-state index in [1.807, 2.05) is 77.9 Å². The number of rotatable bonds is 3. The first-order valence-electron chi connectivity index (χ1n) is 10.3. The molecule has 0 fully saturated rings.